The number of phenols is 1. The molecule has 3 N–H and O–H groups in total. The predicted octanol–water partition coefficient (Wildman–Crippen LogP) is 4.48. The second kappa shape index (κ2) is 10.2. The van der Waals surface area contributed by atoms with E-state index in [0.717, 1.165) is 11.6 Å². The number of carbonyl (C=O) groups is 1. The van der Waals surface area contributed by atoms with Crippen LogP contribution in [-0.4, -0.2) is 33.1 Å². The fourth-order valence-electron chi connectivity index (χ4n) is 2.88. The number of amides is 1. The van der Waals surface area contributed by atoms with Crippen molar-refractivity contribution in [3.8, 4) is 11.5 Å². The number of ether oxygens (including phenoxy) is 1. The molecule has 32 heavy (non-hydrogen) atoms. The molecule has 3 rings (SSSR count). The van der Waals surface area contributed by atoms with E-state index >= 15 is 0 Å². The van der Waals surface area contributed by atoms with Crippen LogP contribution in [0.2, 0.25) is 10.0 Å². The van der Waals surface area contributed by atoms with Crippen molar-refractivity contribution in [3.05, 3.63) is 81.8 Å². The maximum Gasteiger partial charge on any atom is 0.257 e. The molecule has 0 saturated heterocycles. The number of aromatic hydroxyl groups is 1. The second-order valence-corrected chi connectivity index (χ2v) is 9.28. The van der Waals surface area contributed by atoms with E-state index in [2.05, 4.69) is 10.0 Å². The highest BCUT2D eigenvalue weighted by Crippen LogP contribution is 2.30. The molecule has 7 nitrogen and oxygen atoms in total. The zero-order chi connectivity index (χ0) is 23.3. The highest BCUT2D eigenvalue weighted by molar-refractivity contribution is 7.89. The number of methoxy groups -OCH3 is 1. The molecule has 0 aromatic heterocycles. The van der Waals surface area contributed by atoms with E-state index in [1.165, 1.54) is 18.2 Å². The molecule has 10 heteroatoms. The summed E-state index contributed by atoms with van der Waals surface area (Å²) in [5, 5.41) is 12.2. The van der Waals surface area contributed by atoms with Crippen LogP contribution in [0.3, 0.4) is 0 Å². The maximum absolute atomic E-state index is 12.8. The van der Waals surface area contributed by atoms with Crippen LogP contribution < -0.4 is 14.8 Å². The van der Waals surface area contributed by atoms with Crippen molar-refractivity contribution in [3.63, 3.8) is 0 Å². The Kier molecular flexibility index (Phi) is 7.63. The predicted molar refractivity (Wildman–Crippen MR) is 124 cm³/mol. The molecule has 3 aromatic rings. The number of phenolic OH excluding ortho intramolecular Hbond substituents is 1. The molecule has 0 saturated carbocycles. The number of nitrogens with one attached hydrogen (secondary N) is 2. The topological polar surface area (TPSA) is 105 Å². The highest BCUT2D eigenvalue weighted by Gasteiger charge is 2.23. The fourth-order valence-corrected chi connectivity index (χ4v) is 4.77. The van der Waals surface area contributed by atoms with Crippen molar-refractivity contribution in [2.45, 2.75) is 11.3 Å². The SMILES string of the molecule is COc1ccc(CCNS(=O)(=O)c2cc(C(=O)Nc3ccccc3O)c(Cl)cc2Cl)cc1. The first-order valence-corrected chi connectivity index (χ1v) is 11.7. The molecule has 1 amide bonds. The van der Waals surface area contributed by atoms with Gasteiger partial charge in [-0.05, 0) is 48.4 Å². The Balaban J connectivity index is 1.77. The van der Waals surface area contributed by atoms with Gasteiger partial charge in [0.1, 0.15) is 16.4 Å². The number of hydrogen-bond acceptors (Lipinski definition) is 5. The number of anilines is 1. The van der Waals surface area contributed by atoms with Gasteiger partial charge in [-0.2, -0.15) is 0 Å². The molecule has 0 aliphatic heterocycles. The third-order valence-electron chi connectivity index (χ3n) is 4.57. The number of halogens is 2. The summed E-state index contributed by atoms with van der Waals surface area (Å²) in [6.45, 7) is 0.118. The zero-order valence-corrected chi connectivity index (χ0v) is 19.3. The summed E-state index contributed by atoms with van der Waals surface area (Å²) in [6, 6.07) is 15.7. The van der Waals surface area contributed by atoms with Gasteiger partial charge >= 0.3 is 0 Å². The third kappa shape index (κ3) is 5.72. The van der Waals surface area contributed by atoms with Gasteiger partial charge in [0.25, 0.3) is 5.91 Å². The zero-order valence-electron chi connectivity index (χ0n) is 16.9. The van der Waals surface area contributed by atoms with Crippen LogP contribution in [0, 0.1) is 0 Å². The molecule has 0 bridgehead atoms. The van der Waals surface area contributed by atoms with Crippen molar-refractivity contribution in [1.29, 1.82) is 0 Å². The van der Waals surface area contributed by atoms with Crippen LogP contribution in [-0.2, 0) is 16.4 Å². The molecule has 3 aromatic carbocycles. The third-order valence-corrected chi connectivity index (χ3v) is 6.81. The van der Waals surface area contributed by atoms with Gasteiger partial charge in [0.15, 0.2) is 0 Å². The lowest BCUT2D eigenvalue weighted by Gasteiger charge is -2.13. The Morgan fingerprint density at radius 1 is 1.03 bits per heavy atom. The van der Waals surface area contributed by atoms with E-state index in [1.807, 2.05) is 12.1 Å². The maximum atomic E-state index is 12.8. The van der Waals surface area contributed by atoms with E-state index in [-0.39, 0.29) is 38.5 Å². The van der Waals surface area contributed by atoms with Crippen LogP contribution in [0.15, 0.2) is 65.6 Å². The Morgan fingerprint density at radius 3 is 2.38 bits per heavy atom. The van der Waals surface area contributed by atoms with E-state index in [4.69, 9.17) is 27.9 Å². The Morgan fingerprint density at radius 2 is 1.72 bits per heavy atom. The van der Waals surface area contributed by atoms with Gasteiger partial charge < -0.3 is 15.2 Å². The first-order valence-electron chi connectivity index (χ1n) is 9.42. The number of rotatable bonds is 8. The van der Waals surface area contributed by atoms with Crippen LogP contribution >= 0.6 is 23.2 Å². The standard InChI is InChI=1S/C22H20Cl2N2O5S/c1-31-15-8-6-14(7-9-15)10-11-25-32(29,30)21-12-16(17(23)13-18(21)24)22(28)26-19-4-2-3-5-20(19)27/h2-9,12-13,25,27H,10-11H2,1H3,(H,26,28). The molecule has 0 atom stereocenters. The number of carbonyl (C=O) groups excluding carboxylic acids is 1. The monoisotopic (exact) mass is 494 g/mol. The Labute approximate surface area is 196 Å². The average molecular weight is 495 g/mol. The average Bonchev–Trinajstić information content (AvgIpc) is 2.75. The van der Waals surface area contributed by atoms with Crippen LogP contribution in [0.5, 0.6) is 11.5 Å². The van der Waals surface area contributed by atoms with E-state index in [1.54, 1.807) is 31.4 Å². The van der Waals surface area contributed by atoms with Gasteiger partial charge in [-0.1, -0.05) is 47.5 Å². The lowest BCUT2D eigenvalue weighted by atomic mass is 10.1. The van der Waals surface area contributed by atoms with Gasteiger partial charge in [0.2, 0.25) is 10.0 Å². The summed E-state index contributed by atoms with van der Waals surface area (Å²) >= 11 is 12.2. The molecule has 0 aliphatic carbocycles. The molecular formula is C22H20Cl2N2O5S. The lowest BCUT2D eigenvalue weighted by molar-refractivity contribution is 0.102. The molecule has 0 fully saturated rings. The molecule has 0 aliphatic rings. The van der Waals surface area contributed by atoms with Gasteiger partial charge in [-0.15, -0.1) is 0 Å². The summed E-state index contributed by atoms with van der Waals surface area (Å²) in [5.41, 5.74) is 0.971. The smallest absolute Gasteiger partial charge is 0.257 e. The largest absolute Gasteiger partial charge is 0.506 e. The van der Waals surface area contributed by atoms with Crippen molar-refractivity contribution < 1.29 is 23.1 Å². The molecular weight excluding hydrogens is 475 g/mol. The minimum Gasteiger partial charge on any atom is -0.506 e. The van der Waals surface area contributed by atoms with Gasteiger partial charge in [-0.3, -0.25) is 4.79 Å². The number of sulfonamides is 1. The summed E-state index contributed by atoms with van der Waals surface area (Å²) in [6.07, 6.45) is 0.440. The minimum atomic E-state index is -4.02. The molecule has 0 unspecified atom stereocenters. The highest BCUT2D eigenvalue weighted by atomic mass is 35.5. The lowest BCUT2D eigenvalue weighted by Crippen LogP contribution is -2.26. The Hall–Kier alpha value is -2.78. The van der Waals surface area contributed by atoms with Gasteiger partial charge in [-0.25, -0.2) is 13.1 Å². The summed E-state index contributed by atoms with van der Waals surface area (Å²) in [5.74, 6) is -0.126. The number of benzene rings is 3. The van der Waals surface area contributed by atoms with Crippen LogP contribution in [0.1, 0.15) is 15.9 Å². The molecule has 0 heterocycles. The van der Waals surface area contributed by atoms with E-state index in [9.17, 15) is 18.3 Å². The molecule has 0 radical (unpaired) electrons. The fraction of sp³-hybridized carbons (Fsp3) is 0.136. The van der Waals surface area contributed by atoms with E-state index in [0.29, 0.717) is 12.2 Å². The first-order chi connectivity index (χ1) is 15.2. The normalized spacial score (nSPS) is 11.2. The van der Waals surface area contributed by atoms with Crippen LogP contribution in [0.25, 0.3) is 0 Å². The number of para-hydroxylation sites is 2. The van der Waals surface area contributed by atoms with E-state index < -0.39 is 15.9 Å². The quantitative estimate of drug-likeness (QED) is 0.400. The summed E-state index contributed by atoms with van der Waals surface area (Å²) in [7, 11) is -2.46. The van der Waals surface area contributed by atoms with Gasteiger partial charge in [0.05, 0.1) is 28.4 Å². The van der Waals surface area contributed by atoms with Crippen molar-refractivity contribution in [2.24, 2.45) is 0 Å². The Bertz CT molecular complexity index is 1230. The number of hydrogen-bond donors (Lipinski definition) is 3. The van der Waals surface area contributed by atoms with Crippen molar-refractivity contribution in [1.82, 2.24) is 4.72 Å². The molecule has 0 spiro atoms. The first kappa shape index (κ1) is 23.9. The second-order valence-electron chi connectivity index (χ2n) is 6.73. The van der Waals surface area contributed by atoms with Crippen molar-refractivity contribution >= 4 is 44.8 Å². The minimum absolute atomic E-state index is 0.0277. The van der Waals surface area contributed by atoms with Crippen molar-refractivity contribution in [2.75, 3.05) is 19.0 Å². The summed E-state index contributed by atoms with van der Waals surface area (Å²) < 4.78 is 33.2. The summed E-state index contributed by atoms with van der Waals surface area (Å²) in [4.78, 5) is 12.4. The van der Waals surface area contributed by atoms with Gasteiger partial charge in [0, 0.05) is 6.54 Å². The van der Waals surface area contributed by atoms with Crippen LogP contribution in [0.4, 0.5) is 5.69 Å². The molecule has 168 valence electrons.